The van der Waals surface area contributed by atoms with Gasteiger partial charge in [-0.05, 0) is 32.9 Å². The zero-order valence-corrected chi connectivity index (χ0v) is 10.5. The van der Waals surface area contributed by atoms with Crippen molar-refractivity contribution in [2.24, 2.45) is 0 Å². The van der Waals surface area contributed by atoms with E-state index < -0.39 is 24.0 Å². The number of aliphatic carboxylic acids is 1. The second kappa shape index (κ2) is 5.59. The van der Waals surface area contributed by atoms with Crippen LogP contribution in [-0.4, -0.2) is 39.2 Å². The molecule has 0 aliphatic carbocycles. The van der Waals surface area contributed by atoms with Crippen LogP contribution in [0.15, 0.2) is 12.1 Å². The van der Waals surface area contributed by atoms with Crippen molar-refractivity contribution in [1.82, 2.24) is 10.3 Å². The Morgan fingerprint density at radius 3 is 2.39 bits per heavy atom. The van der Waals surface area contributed by atoms with E-state index in [1.54, 1.807) is 26.0 Å². The Hall–Kier alpha value is -1.95. The summed E-state index contributed by atoms with van der Waals surface area (Å²) in [7, 11) is 0. The van der Waals surface area contributed by atoms with Crippen LogP contribution in [0.2, 0.25) is 0 Å². The van der Waals surface area contributed by atoms with Gasteiger partial charge in [0.2, 0.25) is 0 Å². The largest absolute Gasteiger partial charge is 0.480 e. The summed E-state index contributed by atoms with van der Waals surface area (Å²) >= 11 is 0. The van der Waals surface area contributed by atoms with Crippen LogP contribution in [0.5, 0.6) is 0 Å². The van der Waals surface area contributed by atoms with Crippen molar-refractivity contribution >= 4 is 11.9 Å². The molecule has 1 aromatic rings. The number of carboxylic acids is 1. The van der Waals surface area contributed by atoms with E-state index in [1.807, 2.05) is 0 Å². The number of nitrogens with zero attached hydrogens (tertiary/aromatic N) is 1. The number of carboxylic acid groups (broad SMARTS) is 1. The highest BCUT2D eigenvalue weighted by molar-refractivity contribution is 5.97. The number of amides is 1. The highest BCUT2D eigenvalue weighted by Crippen LogP contribution is 2.07. The second-order valence-electron chi connectivity index (χ2n) is 4.12. The average molecular weight is 252 g/mol. The van der Waals surface area contributed by atoms with Gasteiger partial charge in [-0.1, -0.05) is 0 Å². The van der Waals surface area contributed by atoms with Crippen LogP contribution < -0.4 is 5.32 Å². The van der Waals surface area contributed by atoms with E-state index in [0.717, 1.165) is 5.69 Å². The van der Waals surface area contributed by atoms with Gasteiger partial charge in [0.1, 0.15) is 0 Å². The van der Waals surface area contributed by atoms with Crippen molar-refractivity contribution in [2.45, 2.75) is 32.9 Å². The minimum absolute atomic E-state index is 0.299. The number of aliphatic hydroxyl groups excluding tert-OH is 1. The fourth-order valence-corrected chi connectivity index (χ4v) is 1.53. The molecule has 3 N–H and O–H groups in total. The van der Waals surface area contributed by atoms with Gasteiger partial charge in [0, 0.05) is 5.69 Å². The first-order chi connectivity index (χ1) is 8.32. The Balaban J connectivity index is 2.91. The molecule has 0 saturated carbocycles. The van der Waals surface area contributed by atoms with E-state index in [9.17, 15) is 14.7 Å². The Bertz CT molecular complexity index is 471. The van der Waals surface area contributed by atoms with Gasteiger partial charge < -0.3 is 15.5 Å². The maximum Gasteiger partial charge on any atom is 0.328 e. The molecule has 0 unspecified atom stereocenters. The zero-order valence-electron chi connectivity index (χ0n) is 10.5. The maximum atomic E-state index is 11.9. The zero-order chi connectivity index (χ0) is 13.9. The molecule has 0 aliphatic heterocycles. The topological polar surface area (TPSA) is 99.5 Å². The van der Waals surface area contributed by atoms with E-state index >= 15 is 0 Å². The summed E-state index contributed by atoms with van der Waals surface area (Å²) in [4.78, 5) is 26.8. The molecular formula is C12H16N2O4. The smallest absolute Gasteiger partial charge is 0.328 e. The monoisotopic (exact) mass is 252 g/mol. The van der Waals surface area contributed by atoms with Crippen LogP contribution in [0.3, 0.4) is 0 Å². The molecule has 0 spiro atoms. The number of carbonyl (C=O) groups is 2. The lowest BCUT2D eigenvalue weighted by molar-refractivity contribution is -0.141. The quantitative estimate of drug-likeness (QED) is 0.714. The number of rotatable bonds is 4. The summed E-state index contributed by atoms with van der Waals surface area (Å²) in [6, 6.07) is 1.91. The highest BCUT2D eigenvalue weighted by Gasteiger charge is 2.26. The summed E-state index contributed by atoms with van der Waals surface area (Å²) in [6.45, 7) is 4.77. The summed E-state index contributed by atoms with van der Waals surface area (Å²) in [5, 5.41) is 20.4. The lowest BCUT2D eigenvalue weighted by Crippen LogP contribution is -2.47. The van der Waals surface area contributed by atoms with Gasteiger partial charge in [0.25, 0.3) is 5.91 Å². The number of nitrogens with one attached hydrogen (secondary N) is 1. The summed E-state index contributed by atoms with van der Waals surface area (Å²) < 4.78 is 0. The van der Waals surface area contributed by atoms with E-state index in [4.69, 9.17) is 5.11 Å². The van der Waals surface area contributed by atoms with Crippen LogP contribution in [0.1, 0.15) is 28.7 Å². The van der Waals surface area contributed by atoms with Gasteiger partial charge in [-0.2, -0.15) is 0 Å². The molecule has 0 bridgehead atoms. The van der Waals surface area contributed by atoms with Crippen LogP contribution in [0.4, 0.5) is 0 Å². The number of aryl methyl sites for hydroxylation is 2. The normalized spacial score (nSPS) is 13.8. The second-order valence-corrected chi connectivity index (χ2v) is 4.12. The Labute approximate surface area is 105 Å². The van der Waals surface area contributed by atoms with Gasteiger partial charge in [0.15, 0.2) is 6.04 Å². The van der Waals surface area contributed by atoms with Crippen molar-refractivity contribution in [3.8, 4) is 0 Å². The van der Waals surface area contributed by atoms with E-state index in [1.165, 1.54) is 6.92 Å². The molecule has 0 fully saturated rings. The highest BCUT2D eigenvalue weighted by atomic mass is 16.4. The van der Waals surface area contributed by atoms with Gasteiger partial charge in [-0.15, -0.1) is 0 Å². The van der Waals surface area contributed by atoms with Crippen LogP contribution in [-0.2, 0) is 4.79 Å². The number of aromatic nitrogens is 1. The number of carbonyl (C=O) groups excluding carboxylic acids is 1. The molecule has 0 aliphatic rings. The first kappa shape index (κ1) is 14.1. The molecule has 1 amide bonds. The van der Waals surface area contributed by atoms with E-state index in [-0.39, 0.29) is 0 Å². The van der Waals surface area contributed by atoms with Gasteiger partial charge in [0.05, 0.1) is 17.4 Å². The minimum Gasteiger partial charge on any atom is -0.480 e. The van der Waals surface area contributed by atoms with Gasteiger partial charge in [-0.3, -0.25) is 9.78 Å². The predicted molar refractivity (Wildman–Crippen MR) is 64.3 cm³/mol. The molecular weight excluding hydrogens is 236 g/mol. The fourth-order valence-electron chi connectivity index (χ4n) is 1.53. The lowest BCUT2D eigenvalue weighted by atomic mass is 10.1. The number of hydrogen-bond donors (Lipinski definition) is 3. The maximum absolute atomic E-state index is 11.9. The third-order valence-electron chi connectivity index (χ3n) is 2.50. The van der Waals surface area contributed by atoms with Crippen molar-refractivity contribution in [2.75, 3.05) is 0 Å². The number of aliphatic hydroxyl groups is 1. The molecule has 98 valence electrons. The van der Waals surface area contributed by atoms with Gasteiger partial charge >= 0.3 is 5.97 Å². The molecule has 2 atom stereocenters. The fraction of sp³-hybridized carbons (Fsp3) is 0.417. The van der Waals surface area contributed by atoms with E-state index in [2.05, 4.69) is 10.3 Å². The number of pyridine rings is 1. The third kappa shape index (κ3) is 3.27. The summed E-state index contributed by atoms with van der Waals surface area (Å²) in [5.41, 5.74) is 1.59. The van der Waals surface area contributed by atoms with Crippen LogP contribution in [0, 0.1) is 13.8 Å². The Morgan fingerprint density at radius 1 is 1.33 bits per heavy atom. The summed E-state index contributed by atoms with van der Waals surface area (Å²) in [6.07, 6.45) is -1.18. The Kier molecular flexibility index (Phi) is 4.38. The molecule has 18 heavy (non-hydrogen) atoms. The van der Waals surface area contributed by atoms with Crippen LogP contribution >= 0.6 is 0 Å². The molecule has 0 saturated heterocycles. The molecule has 6 nitrogen and oxygen atoms in total. The predicted octanol–water partition coefficient (Wildman–Crippen LogP) is 0.262. The van der Waals surface area contributed by atoms with Crippen molar-refractivity contribution in [3.63, 3.8) is 0 Å². The van der Waals surface area contributed by atoms with Crippen molar-refractivity contribution in [1.29, 1.82) is 0 Å². The number of hydrogen-bond acceptors (Lipinski definition) is 4. The lowest BCUT2D eigenvalue weighted by Gasteiger charge is -2.17. The summed E-state index contributed by atoms with van der Waals surface area (Å²) in [5.74, 6) is -1.84. The molecule has 0 radical (unpaired) electrons. The first-order valence-electron chi connectivity index (χ1n) is 5.49. The molecule has 1 aromatic heterocycles. The van der Waals surface area contributed by atoms with E-state index in [0.29, 0.717) is 11.3 Å². The first-order valence-corrected chi connectivity index (χ1v) is 5.49. The SMILES string of the molecule is Cc1ccc(C(=O)N[C@H](C(=O)O)[C@@H](C)O)c(C)n1. The molecule has 0 aromatic carbocycles. The van der Waals surface area contributed by atoms with Crippen molar-refractivity contribution < 1.29 is 19.8 Å². The average Bonchev–Trinajstić information content (AvgIpc) is 2.24. The molecule has 1 heterocycles. The third-order valence-corrected chi connectivity index (χ3v) is 2.50. The van der Waals surface area contributed by atoms with Crippen LogP contribution in [0.25, 0.3) is 0 Å². The minimum atomic E-state index is -1.33. The molecule has 1 rings (SSSR count). The van der Waals surface area contributed by atoms with Gasteiger partial charge in [-0.25, -0.2) is 4.79 Å². The van der Waals surface area contributed by atoms with Crippen molar-refractivity contribution in [3.05, 3.63) is 29.1 Å². The Morgan fingerprint density at radius 2 is 1.94 bits per heavy atom. The molecule has 6 heteroatoms. The standard InChI is InChI=1S/C12H16N2O4/c1-6-4-5-9(7(2)13-6)11(16)14-10(8(3)15)12(17)18/h4-5,8,10,15H,1-3H3,(H,14,16)(H,17,18)/t8-,10+/m1/s1.